The monoisotopic (exact) mass is 357 g/mol. The van der Waals surface area contributed by atoms with E-state index < -0.39 is 0 Å². The van der Waals surface area contributed by atoms with Gasteiger partial charge >= 0.3 is 0 Å². The van der Waals surface area contributed by atoms with Gasteiger partial charge in [-0.3, -0.25) is 4.79 Å². The first kappa shape index (κ1) is 17.3. The molecule has 4 rings (SSSR count). The molecule has 6 nitrogen and oxygen atoms in total. The molecule has 0 unspecified atom stereocenters. The Kier molecular flexibility index (Phi) is 5.09. The van der Waals surface area contributed by atoms with Gasteiger partial charge in [-0.05, 0) is 38.7 Å². The zero-order chi connectivity index (χ0) is 17.9. The maximum Gasteiger partial charge on any atom is 0.295 e. The lowest BCUT2D eigenvalue weighted by Gasteiger charge is -2.41. The molecule has 0 atom stereocenters. The minimum Gasteiger partial charge on any atom is -0.469 e. The van der Waals surface area contributed by atoms with Crippen LogP contribution in [0.1, 0.15) is 80.6 Å². The average Bonchev–Trinajstić information content (AvgIpc) is 3.32. The van der Waals surface area contributed by atoms with E-state index in [1.54, 1.807) is 12.3 Å². The summed E-state index contributed by atoms with van der Waals surface area (Å²) in [4.78, 5) is 19.8. The van der Waals surface area contributed by atoms with Crippen molar-refractivity contribution in [1.82, 2.24) is 15.0 Å². The molecule has 2 heterocycles. The van der Waals surface area contributed by atoms with Crippen LogP contribution in [-0.4, -0.2) is 33.0 Å². The van der Waals surface area contributed by atoms with Crippen LogP contribution in [0, 0.1) is 6.92 Å². The number of furan rings is 1. The fourth-order valence-corrected chi connectivity index (χ4v) is 4.49. The number of nitrogens with zero attached hydrogens (tertiary/aromatic N) is 3. The topological polar surface area (TPSA) is 72.4 Å². The van der Waals surface area contributed by atoms with Gasteiger partial charge in [0.1, 0.15) is 5.76 Å². The van der Waals surface area contributed by atoms with Crippen LogP contribution < -0.4 is 0 Å². The van der Waals surface area contributed by atoms with Gasteiger partial charge < -0.3 is 13.8 Å². The molecule has 0 N–H and O–H groups in total. The van der Waals surface area contributed by atoms with Gasteiger partial charge in [-0.1, -0.05) is 43.7 Å². The Morgan fingerprint density at radius 2 is 1.65 bits per heavy atom. The number of aryl methyl sites for hydroxylation is 1. The Morgan fingerprint density at radius 1 is 1.04 bits per heavy atom. The fraction of sp³-hybridized carbons (Fsp3) is 0.650. The lowest BCUT2D eigenvalue weighted by atomic mass is 9.88. The molecule has 2 aromatic heterocycles. The normalized spacial score (nSPS) is 19.6. The first-order valence-corrected chi connectivity index (χ1v) is 9.95. The highest BCUT2D eigenvalue weighted by Gasteiger charge is 2.35. The lowest BCUT2D eigenvalue weighted by Crippen LogP contribution is -2.49. The largest absolute Gasteiger partial charge is 0.469 e. The summed E-state index contributed by atoms with van der Waals surface area (Å²) in [5, 5.41) is 4.00. The molecular formula is C20H27N3O3. The molecule has 140 valence electrons. The molecule has 0 radical (unpaired) electrons. The molecular weight excluding hydrogens is 330 g/mol. The summed E-state index contributed by atoms with van der Waals surface area (Å²) in [5.74, 6) is 1.17. The average molecular weight is 357 g/mol. The lowest BCUT2D eigenvalue weighted by molar-refractivity contribution is 0.0433. The minimum absolute atomic E-state index is 0.0695. The number of hydrogen-bond donors (Lipinski definition) is 0. The second-order valence-electron chi connectivity index (χ2n) is 7.61. The van der Waals surface area contributed by atoms with Gasteiger partial charge in [-0.2, -0.15) is 4.98 Å². The van der Waals surface area contributed by atoms with Crippen LogP contribution in [0.2, 0.25) is 0 Å². The number of carbonyl (C=O) groups is 1. The quantitative estimate of drug-likeness (QED) is 0.790. The highest BCUT2D eigenvalue weighted by Crippen LogP contribution is 2.31. The van der Waals surface area contributed by atoms with Crippen LogP contribution in [0.5, 0.6) is 0 Å². The molecule has 2 aliphatic rings. The molecule has 2 fully saturated rings. The van der Waals surface area contributed by atoms with Crippen LogP contribution in [-0.2, 0) is 0 Å². The summed E-state index contributed by atoms with van der Waals surface area (Å²) < 4.78 is 10.7. The molecule has 0 spiro atoms. The van der Waals surface area contributed by atoms with Crippen molar-refractivity contribution in [2.45, 2.75) is 83.2 Å². The Labute approximate surface area is 153 Å². The predicted octanol–water partition coefficient (Wildman–Crippen LogP) is 4.75. The Hall–Kier alpha value is -2.11. The summed E-state index contributed by atoms with van der Waals surface area (Å²) in [6, 6.07) is 2.42. The van der Waals surface area contributed by atoms with Crippen molar-refractivity contribution in [3.05, 3.63) is 23.9 Å². The van der Waals surface area contributed by atoms with Crippen LogP contribution in [0.25, 0.3) is 11.5 Å². The number of hydrogen-bond acceptors (Lipinski definition) is 5. The fourth-order valence-electron chi connectivity index (χ4n) is 4.49. The molecule has 2 aromatic rings. The third-order valence-electron chi connectivity index (χ3n) is 5.88. The number of carbonyl (C=O) groups excluding carboxylic acids is 1. The zero-order valence-corrected chi connectivity index (χ0v) is 15.4. The molecule has 0 aromatic carbocycles. The van der Waals surface area contributed by atoms with Crippen LogP contribution >= 0.6 is 0 Å². The second kappa shape index (κ2) is 7.64. The maximum absolute atomic E-state index is 13.3. The standard InChI is InChI=1S/C20H27N3O3/c1-14-17(12-13-25-14)19-21-18(22-26-19)20(24)23(15-8-4-2-5-9-15)16-10-6-3-7-11-16/h12-13,15-16H,2-11H2,1H3. The summed E-state index contributed by atoms with van der Waals surface area (Å²) in [7, 11) is 0. The Morgan fingerprint density at radius 3 is 2.19 bits per heavy atom. The van der Waals surface area contributed by atoms with Crippen LogP contribution in [0.15, 0.2) is 21.3 Å². The summed E-state index contributed by atoms with van der Waals surface area (Å²) in [6.07, 6.45) is 13.3. The minimum atomic E-state index is -0.0695. The van der Waals surface area contributed by atoms with Gasteiger partial charge in [0.15, 0.2) is 0 Å². The molecule has 0 saturated heterocycles. The van der Waals surface area contributed by atoms with E-state index in [1.165, 1.54) is 38.5 Å². The molecule has 2 saturated carbocycles. The first-order chi connectivity index (χ1) is 12.7. The third kappa shape index (κ3) is 3.41. The van der Waals surface area contributed by atoms with E-state index in [9.17, 15) is 4.79 Å². The SMILES string of the molecule is Cc1occc1-c1nc(C(=O)N(C2CCCCC2)C2CCCCC2)no1. The summed E-state index contributed by atoms with van der Waals surface area (Å²) in [6.45, 7) is 1.84. The van der Waals surface area contributed by atoms with Crippen LogP contribution in [0.3, 0.4) is 0 Å². The molecule has 0 aliphatic heterocycles. The van der Waals surface area contributed by atoms with Crippen molar-refractivity contribution in [1.29, 1.82) is 0 Å². The van der Waals surface area contributed by atoms with E-state index in [2.05, 4.69) is 15.0 Å². The van der Waals surface area contributed by atoms with E-state index in [-0.39, 0.29) is 11.7 Å². The Bertz CT molecular complexity index is 721. The smallest absolute Gasteiger partial charge is 0.295 e. The van der Waals surface area contributed by atoms with Crippen molar-refractivity contribution in [3.8, 4) is 11.5 Å². The highest BCUT2D eigenvalue weighted by molar-refractivity contribution is 5.91. The van der Waals surface area contributed by atoms with Gasteiger partial charge in [0.05, 0.1) is 11.8 Å². The van der Waals surface area contributed by atoms with Gasteiger partial charge in [0, 0.05) is 12.1 Å². The van der Waals surface area contributed by atoms with Crippen molar-refractivity contribution in [2.75, 3.05) is 0 Å². The van der Waals surface area contributed by atoms with Gasteiger partial charge in [0.25, 0.3) is 17.6 Å². The van der Waals surface area contributed by atoms with Crippen molar-refractivity contribution >= 4 is 5.91 Å². The third-order valence-corrected chi connectivity index (χ3v) is 5.88. The maximum atomic E-state index is 13.3. The van der Waals surface area contributed by atoms with E-state index in [0.717, 1.165) is 31.2 Å². The van der Waals surface area contributed by atoms with Crippen molar-refractivity contribution < 1.29 is 13.7 Å². The summed E-state index contributed by atoms with van der Waals surface area (Å²) >= 11 is 0. The zero-order valence-electron chi connectivity index (χ0n) is 15.4. The van der Waals surface area contributed by atoms with E-state index in [4.69, 9.17) is 8.94 Å². The Balaban J connectivity index is 1.59. The van der Waals surface area contributed by atoms with Gasteiger partial charge in [-0.15, -0.1) is 0 Å². The second-order valence-corrected chi connectivity index (χ2v) is 7.61. The predicted molar refractivity (Wildman–Crippen MR) is 96.7 cm³/mol. The molecule has 2 aliphatic carbocycles. The van der Waals surface area contributed by atoms with E-state index >= 15 is 0 Å². The highest BCUT2D eigenvalue weighted by atomic mass is 16.5. The number of aromatic nitrogens is 2. The summed E-state index contributed by atoms with van der Waals surface area (Å²) in [5.41, 5.74) is 0.749. The van der Waals surface area contributed by atoms with Crippen molar-refractivity contribution in [2.24, 2.45) is 0 Å². The van der Waals surface area contributed by atoms with Crippen molar-refractivity contribution in [3.63, 3.8) is 0 Å². The molecule has 26 heavy (non-hydrogen) atoms. The van der Waals surface area contributed by atoms with E-state index in [1.807, 2.05) is 6.92 Å². The number of rotatable bonds is 4. The molecule has 0 bridgehead atoms. The van der Waals surface area contributed by atoms with E-state index in [0.29, 0.717) is 23.7 Å². The number of amides is 1. The molecule has 1 amide bonds. The first-order valence-electron chi connectivity index (χ1n) is 9.95. The van der Waals surface area contributed by atoms with Gasteiger partial charge in [0.2, 0.25) is 0 Å². The van der Waals surface area contributed by atoms with Crippen LogP contribution in [0.4, 0.5) is 0 Å². The molecule has 6 heteroatoms. The van der Waals surface area contributed by atoms with Gasteiger partial charge in [-0.25, -0.2) is 0 Å².